The summed E-state index contributed by atoms with van der Waals surface area (Å²) in [6.45, 7) is 7.44. The fraction of sp³-hybridized carbons (Fsp3) is 0.222. The molecule has 1 N–H and O–H groups in total. The third kappa shape index (κ3) is 1.99. The van der Waals surface area contributed by atoms with Gasteiger partial charge in [-0.05, 0) is 39.3 Å². The van der Waals surface area contributed by atoms with E-state index in [-0.39, 0.29) is 0 Å². The van der Waals surface area contributed by atoms with E-state index in [1.54, 1.807) is 0 Å². The lowest BCUT2D eigenvalue weighted by Gasteiger charge is -2.06. The number of benzene rings is 1. The number of cyclic esters (lactones) is 2. The number of hydrogen-bond donors (Lipinski definition) is 1. The number of esters is 2. The van der Waals surface area contributed by atoms with Crippen molar-refractivity contribution < 1.29 is 14.3 Å². The number of aromatic nitrogens is 1. The molecule has 1 aromatic heterocycles. The van der Waals surface area contributed by atoms with Crippen molar-refractivity contribution in [2.75, 3.05) is 0 Å². The number of aromatic amines is 1. The van der Waals surface area contributed by atoms with Crippen LogP contribution in [0.3, 0.4) is 0 Å². The summed E-state index contributed by atoms with van der Waals surface area (Å²) in [4.78, 5) is 27.4. The number of aryl methyl sites for hydroxylation is 1. The van der Waals surface area contributed by atoms with Crippen molar-refractivity contribution in [3.05, 3.63) is 52.2 Å². The number of H-pyrrole nitrogens is 1. The fourth-order valence-electron chi connectivity index (χ4n) is 3.07. The first kappa shape index (κ1) is 14.3. The first-order valence-corrected chi connectivity index (χ1v) is 7.14. The zero-order valence-electron chi connectivity index (χ0n) is 13.0. The number of nitrogens with one attached hydrogen (secondary N) is 1. The van der Waals surface area contributed by atoms with Gasteiger partial charge in [-0.15, -0.1) is 0 Å². The van der Waals surface area contributed by atoms with E-state index in [0.29, 0.717) is 11.1 Å². The number of rotatable bonds is 1. The van der Waals surface area contributed by atoms with Crippen molar-refractivity contribution in [3.8, 4) is 0 Å². The average molecular weight is 295 g/mol. The highest BCUT2D eigenvalue weighted by molar-refractivity contribution is 6.22. The van der Waals surface area contributed by atoms with Gasteiger partial charge in [0, 0.05) is 22.2 Å². The Balaban J connectivity index is 2.35. The molecule has 0 unspecified atom stereocenters. The van der Waals surface area contributed by atoms with Crippen LogP contribution in [0.15, 0.2) is 41.0 Å². The van der Waals surface area contributed by atoms with Crippen LogP contribution in [0.2, 0.25) is 0 Å². The molecular formula is C18H17NO3. The number of ether oxygens (including phenoxy) is 1. The first-order valence-electron chi connectivity index (χ1n) is 7.14. The lowest BCUT2D eigenvalue weighted by Crippen LogP contribution is -2.00. The van der Waals surface area contributed by atoms with Crippen LogP contribution in [0.1, 0.15) is 32.0 Å². The molecule has 3 rings (SSSR count). The Hall–Kier alpha value is -2.62. The van der Waals surface area contributed by atoms with E-state index in [1.807, 2.05) is 52.0 Å². The van der Waals surface area contributed by atoms with E-state index in [1.165, 1.54) is 0 Å². The summed E-state index contributed by atoms with van der Waals surface area (Å²) in [7, 11) is 0. The molecule has 112 valence electrons. The summed E-state index contributed by atoms with van der Waals surface area (Å²) in [5.74, 6) is -1.12. The minimum atomic E-state index is -0.566. The van der Waals surface area contributed by atoms with Crippen molar-refractivity contribution in [1.82, 2.24) is 4.98 Å². The van der Waals surface area contributed by atoms with Gasteiger partial charge in [-0.25, -0.2) is 9.59 Å². The Morgan fingerprint density at radius 1 is 1.00 bits per heavy atom. The van der Waals surface area contributed by atoms with Crippen LogP contribution in [0.5, 0.6) is 0 Å². The summed E-state index contributed by atoms with van der Waals surface area (Å²) >= 11 is 0. The zero-order chi connectivity index (χ0) is 16.0. The van der Waals surface area contributed by atoms with Crippen molar-refractivity contribution in [2.45, 2.75) is 27.7 Å². The highest BCUT2D eigenvalue weighted by Gasteiger charge is 2.36. The largest absolute Gasteiger partial charge is 0.386 e. The molecule has 4 nitrogen and oxygen atoms in total. The molecule has 1 aliphatic heterocycles. The molecule has 0 saturated carbocycles. The Morgan fingerprint density at radius 2 is 1.64 bits per heavy atom. The molecule has 0 bridgehead atoms. The molecule has 0 amide bonds. The molecule has 0 radical (unpaired) electrons. The van der Waals surface area contributed by atoms with Crippen LogP contribution in [0.4, 0.5) is 0 Å². The minimum Gasteiger partial charge on any atom is -0.386 e. The number of allylic oxidation sites excluding steroid dienone is 2. The van der Waals surface area contributed by atoms with Crippen molar-refractivity contribution >= 4 is 28.4 Å². The SMILES string of the molecule is CC(C)=C1C(=O)OC(=O)/C1=C(/C)c1c(C)[nH]c2ccccc12. The molecule has 1 aromatic carbocycles. The van der Waals surface area contributed by atoms with Gasteiger partial charge >= 0.3 is 11.9 Å². The lowest BCUT2D eigenvalue weighted by molar-refractivity contribution is -0.149. The number of fused-ring (bicyclic) bond motifs is 1. The van der Waals surface area contributed by atoms with Crippen LogP contribution in [0.25, 0.3) is 16.5 Å². The fourth-order valence-corrected chi connectivity index (χ4v) is 3.07. The highest BCUT2D eigenvalue weighted by Crippen LogP contribution is 2.36. The number of carbonyl (C=O) groups excluding carboxylic acids is 2. The van der Waals surface area contributed by atoms with Crippen LogP contribution in [-0.2, 0) is 14.3 Å². The molecule has 1 aliphatic rings. The molecule has 22 heavy (non-hydrogen) atoms. The smallest absolute Gasteiger partial charge is 0.347 e. The number of carbonyl (C=O) groups is 2. The van der Waals surface area contributed by atoms with E-state index in [9.17, 15) is 9.59 Å². The van der Waals surface area contributed by atoms with Crippen molar-refractivity contribution in [3.63, 3.8) is 0 Å². The standard InChI is InChI=1S/C18H17NO3/c1-9(2)14-16(18(21)22-17(14)20)10(3)15-11(4)19-13-8-6-5-7-12(13)15/h5-8,19H,1-4H3/b16-10-. The molecular weight excluding hydrogens is 278 g/mol. The molecule has 0 aliphatic carbocycles. The van der Waals surface area contributed by atoms with Crippen LogP contribution in [-0.4, -0.2) is 16.9 Å². The highest BCUT2D eigenvalue weighted by atomic mass is 16.6. The van der Waals surface area contributed by atoms with E-state index >= 15 is 0 Å². The second kappa shape index (κ2) is 4.98. The van der Waals surface area contributed by atoms with Gasteiger partial charge in [0.25, 0.3) is 0 Å². The molecule has 4 heteroatoms. The zero-order valence-corrected chi connectivity index (χ0v) is 13.0. The second-order valence-electron chi connectivity index (χ2n) is 5.72. The minimum absolute atomic E-state index is 0.373. The summed E-state index contributed by atoms with van der Waals surface area (Å²) in [5.41, 5.74) is 5.23. The van der Waals surface area contributed by atoms with E-state index in [4.69, 9.17) is 4.74 Å². The van der Waals surface area contributed by atoms with E-state index < -0.39 is 11.9 Å². The normalized spacial score (nSPS) is 17.2. The topological polar surface area (TPSA) is 59.2 Å². The Kier molecular flexibility index (Phi) is 3.24. The lowest BCUT2D eigenvalue weighted by atomic mass is 9.93. The van der Waals surface area contributed by atoms with Crippen LogP contribution >= 0.6 is 0 Å². The monoisotopic (exact) mass is 295 g/mol. The first-order chi connectivity index (χ1) is 10.4. The Morgan fingerprint density at radius 3 is 2.32 bits per heavy atom. The second-order valence-corrected chi connectivity index (χ2v) is 5.72. The van der Waals surface area contributed by atoms with Crippen LogP contribution in [0, 0.1) is 6.92 Å². The summed E-state index contributed by atoms with van der Waals surface area (Å²) < 4.78 is 4.82. The van der Waals surface area contributed by atoms with Gasteiger partial charge in [-0.1, -0.05) is 23.8 Å². The van der Waals surface area contributed by atoms with E-state index in [0.717, 1.165) is 33.3 Å². The third-order valence-electron chi connectivity index (χ3n) is 3.99. The number of hydrogen-bond acceptors (Lipinski definition) is 3. The van der Waals surface area contributed by atoms with Gasteiger partial charge in [0.2, 0.25) is 0 Å². The van der Waals surface area contributed by atoms with Gasteiger partial charge in [-0.3, -0.25) is 0 Å². The van der Waals surface area contributed by atoms with Gasteiger partial charge in [0.15, 0.2) is 0 Å². The predicted molar refractivity (Wildman–Crippen MR) is 85.1 cm³/mol. The molecule has 0 spiro atoms. The predicted octanol–water partition coefficient (Wildman–Crippen LogP) is 3.67. The number of para-hydroxylation sites is 1. The molecule has 2 aromatic rings. The van der Waals surface area contributed by atoms with E-state index in [2.05, 4.69) is 4.98 Å². The molecule has 0 atom stereocenters. The van der Waals surface area contributed by atoms with Crippen molar-refractivity contribution in [2.24, 2.45) is 0 Å². The van der Waals surface area contributed by atoms with Gasteiger partial charge < -0.3 is 9.72 Å². The summed E-state index contributed by atoms with van der Waals surface area (Å²) in [5, 5.41) is 1.03. The molecule has 1 fully saturated rings. The quantitative estimate of drug-likeness (QED) is 0.496. The maximum absolute atomic E-state index is 12.1. The molecule has 2 heterocycles. The van der Waals surface area contributed by atoms with Gasteiger partial charge in [-0.2, -0.15) is 0 Å². The van der Waals surface area contributed by atoms with Crippen LogP contribution < -0.4 is 0 Å². The summed E-state index contributed by atoms with van der Waals surface area (Å²) in [6.07, 6.45) is 0. The van der Waals surface area contributed by atoms with Crippen molar-refractivity contribution in [1.29, 1.82) is 0 Å². The van der Waals surface area contributed by atoms with Gasteiger partial charge in [0.05, 0.1) is 11.1 Å². The Labute approximate surface area is 128 Å². The third-order valence-corrected chi connectivity index (χ3v) is 3.99. The Bertz CT molecular complexity index is 877. The maximum atomic E-state index is 12.1. The average Bonchev–Trinajstić information content (AvgIpc) is 2.93. The maximum Gasteiger partial charge on any atom is 0.347 e. The summed E-state index contributed by atoms with van der Waals surface area (Å²) in [6, 6.07) is 7.91. The molecule has 1 saturated heterocycles. The van der Waals surface area contributed by atoms with Gasteiger partial charge in [0.1, 0.15) is 0 Å².